The number of hydrogen-bond acceptors (Lipinski definition) is 3. The fourth-order valence-corrected chi connectivity index (χ4v) is 2.29. The van der Waals surface area contributed by atoms with Crippen LogP contribution in [0.5, 0.6) is 0 Å². The molecule has 0 radical (unpaired) electrons. The summed E-state index contributed by atoms with van der Waals surface area (Å²) in [6, 6.07) is 2.83. The number of benzene rings is 1. The van der Waals surface area contributed by atoms with Crippen LogP contribution in [0.1, 0.15) is 18.9 Å². The highest BCUT2D eigenvalue weighted by Crippen LogP contribution is 2.24. The highest BCUT2D eigenvalue weighted by molar-refractivity contribution is 7.98. The van der Waals surface area contributed by atoms with Crippen molar-refractivity contribution < 1.29 is 8.78 Å². The molecule has 0 aromatic heterocycles. The van der Waals surface area contributed by atoms with E-state index in [0.29, 0.717) is 18.7 Å². The van der Waals surface area contributed by atoms with Crippen molar-refractivity contribution in [2.45, 2.75) is 19.9 Å². The van der Waals surface area contributed by atoms with Crippen LogP contribution in [0, 0.1) is 11.6 Å². The average molecular weight is 288 g/mol. The van der Waals surface area contributed by atoms with E-state index in [1.165, 1.54) is 12.1 Å². The highest BCUT2D eigenvalue weighted by atomic mass is 32.2. The predicted octanol–water partition coefficient (Wildman–Crippen LogP) is 3.26. The molecule has 0 aliphatic carbocycles. The summed E-state index contributed by atoms with van der Waals surface area (Å²) in [7, 11) is 1.71. The Morgan fingerprint density at radius 2 is 1.89 bits per heavy atom. The largest absolute Gasteiger partial charge is 0.369 e. The quantitative estimate of drug-likeness (QED) is 0.739. The van der Waals surface area contributed by atoms with E-state index in [4.69, 9.17) is 0 Å². The number of nitrogens with one attached hydrogen (secondary N) is 1. The summed E-state index contributed by atoms with van der Waals surface area (Å²) in [5.41, 5.74) is 0.707. The van der Waals surface area contributed by atoms with E-state index in [1.54, 1.807) is 23.7 Å². The molecule has 1 aromatic carbocycles. The van der Waals surface area contributed by atoms with E-state index in [9.17, 15) is 8.78 Å². The third kappa shape index (κ3) is 4.99. The fourth-order valence-electron chi connectivity index (χ4n) is 1.83. The molecule has 108 valence electrons. The van der Waals surface area contributed by atoms with Crippen LogP contribution >= 0.6 is 11.8 Å². The molecule has 0 atom stereocenters. The Balaban J connectivity index is 2.78. The molecule has 0 saturated carbocycles. The Hall–Kier alpha value is -0.810. The van der Waals surface area contributed by atoms with Crippen LogP contribution in [-0.4, -0.2) is 32.1 Å². The topological polar surface area (TPSA) is 15.3 Å². The van der Waals surface area contributed by atoms with Crippen LogP contribution in [0.25, 0.3) is 0 Å². The summed E-state index contributed by atoms with van der Waals surface area (Å²) in [6.45, 7) is 4.02. The molecule has 1 rings (SSSR count). The van der Waals surface area contributed by atoms with Gasteiger partial charge in [0.1, 0.15) is 17.3 Å². The zero-order valence-electron chi connectivity index (χ0n) is 11.8. The molecule has 5 heteroatoms. The molecule has 0 spiro atoms. The fraction of sp³-hybridized carbons (Fsp3) is 0.571. The summed E-state index contributed by atoms with van der Waals surface area (Å²) >= 11 is 1.66. The molecular weight excluding hydrogens is 266 g/mol. The lowest BCUT2D eigenvalue weighted by Crippen LogP contribution is -2.23. The zero-order valence-corrected chi connectivity index (χ0v) is 12.6. The van der Waals surface area contributed by atoms with E-state index in [0.717, 1.165) is 18.7 Å². The Kier molecular flexibility index (Phi) is 7.16. The summed E-state index contributed by atoms with van der Waals surface area (Å²) in [6.07, 6.45) is 2.98. The molecule has 2 nitrogen and oxygen atoms in total. The van der Waals surface area contributed by atoms with Gasteiger partial charge in [-0.25, -0.2) is 8.78 Å². The first-order chi connectivity index (χ1) is 9.10. The Morgan fingerprint density at radius 1 is 1.26 bits per heavy atom. The van der Waals surface area contributed by atoms with Gasteiger partial charge in [0.2, 0.25) is 0 Å². The number of thioether (sulfide) groups is 1. The van der Waals surface area contributed by atoms with E-state index >= 15 is 0 Å². The summed E-state index contributed by atoms with van der Waals surface area (Å²) in [4.78, 5) is 1.63. The third-order valence-corrected chi connectivity index (χ3v) is 3.44. The number of anilines is 1. The summed E-state index contributed by atoms with van der Waals surface area (Å²) < 4.78 is 28.0. The van der Waals surface area contributed by atoms with Gasteiger partial charge in [-0.3, -0.25) is 0 Å². The van der Waals surface area contributed by atoms with Crippen molar-refractivity contribution in [1.82, 2.24) is 5.32 Å². The Morgan fingerprint density at radius 3 is 2.42 bits per heavy atom. The van der Waals surface area contributed by atoms with Crippen molar-refractivity contribution in [3.05, 3.63) is 29.3 Å². The minimum atomic E-state index is -0.489. The molecule has 19 heavy (non-hydrogen) atoms. The van der Waals surface area contributed by atoms with Gasteiger partial charge in [0, 0.05) is 25.9 Å². The molecule has 1 N–H and O–H groups in total. The second kappa shape index (κ2) is 8.38. The van der Waals surface area contributed by atoms with Crippen molar-refractivity contribution >= 4 is 17.4 Å². The maximum absolute atomic E-state index is 14.0. The van der Waals surface area contributed by atoms with Gasteiger partial charge in [0.15, 0.2) is 0 Å². The standard InChI is InChI=1S/C14H22F2N2S/c1-4-5-17-10-11-8-12(15)14(13(16)9-11)18(2)6-7-19-3/h8-9,17H,4-7,10H2,1-3H3. The van der Waals surface area contributed by atoms with Gasteiger partial charge in [-0.05, 0) is 36.9 Å². The lowest BCUT2D eigenvalue weighted by atomic mass is 10.1. The van der Waals surface area contributed by atoms with Crippen LogP contribution in [0.4, 0.5) is 14.5 Å². The first kappa shape index (κ1) is 16.2. The van der Waals surface area contributed by atoms with Crippen molar-refractivity contribution in [3.63, 3.8) is 0 Å². The van der Waals surface area contributed by atoms with E-state index in [-0.39, 0.29) is 5.69 Å². The third-order valence-electron chi connectivity index (χ3n) is 2.85. The average Bonchev–Trinajstić information content (AvgIpc) is 2.36. The summed E-state index contributed by atoms with van der Waals surface area (Å²) in [5.74, 6) is -0.136. The van der Waals surface area contributed by atoms with Crippen molar-refractivity contribution in [2.75, 3.05) is 37.0 Å². The van der Waals surface area contributed by atoms with Crippen LogP contribution in [0.15, 0.2) is 12.1 Å². The molecule has 0 aliphatic rings. The van der Waals surface area contributed by atoms with Gasteiger partial charge in [-0.1, -0.05) is 6.92 Å². The lowest BCUT2D eigenvalue weighted by molar-refractivity contribution is 0.571. The maximum atomic E-state index is 14.0. The zero-order chi connectivity index (χ0) is 14.3. The monoisotopic (exact) mass is 288 g/mol. The van der Waals surface area contributed by atoms with Gasteiger partial charge in [0.25, 0.3) is 0 Å². The van der Waals surface area contributed by atoms with Crippen LogP contribution in [0.3, 0.4) is 0 Å². The van der Waals surface area contributed by atoms with Crippen molar-refractivity contribution in [1.29, 1.82) is 0 Å². The van der Waals surface area contributed by atoms with E-state index in [2.05, 4.69) is 12.2 Å². The summed E-state index contributed by atoms with van der Waals surface area (Å²) in [5, 5.41) is 3.14. The lowest BCUT2D eigenvalue weighted by Gasteiger charge is -2.20. The van der Waals surface area contributed by atoms with E-state index in [1.807, 2.05) is 6.26 Å². The first-order valence-electron chi connectivity index (χ1n) is 6.48. The van der Waals surface area contributed by atoms with Gasteiger partial charge >= 0.3 is 0 Å². The predicted molar refractivity (Wildman–Crippen MR) is 80.0 cm³/mol. The van der Waals surface area contributed by atoms with E-state index < -0.39 is 11.6 Å². The number of halogens is 2. The molecule has 0 heterocycles. The second-order valence-electron chi connectivity index (χ2n) is 4.50. The second-order valence-corrected chi connectivity index (χ2v) is 5.48. The Bertz CT molecular complexity index is 376. The molecule has 0 aliphatic heterocycles. The van der Waals surface area contributed by atoms with Gasteiger partial charge in [-0.2, -0.15) is 11.8 Å². The van der Waals surface area contributed by atoms with Gasteiger partial charge in [0.05, 0.1) is 0 Å². The normalized spacial score (nSPS) is 10.8. The molecule has 0 unspecified atom stereocenters. The smallest absolute Gasteiger partial charge is 0.149 e. The molecule has 0 bridgehead atoms. The van der Waals surface area contributed by atoms with Gasteiger partial charge in [-0.15, -0.1) is 0 Å². The number of nitrogens with zero attached hydrogens (tertiary/aromatic N) is 1. The molecule has 1 aromatic rings. The van der Waals surface area contributed by atoms with Crippen molar-refractivity contribution in [2.24, 2.45) is 0 Å². The number of rotatable bonds is 8. The molecule has 0 amide bonds. The van der Waals surface area contributed by atoms with Crippen LogP contribution < -0.4 is 10.2 Å². The van der Waals surface area contributed by atoms with Crippen LogP contribution in [-0.2, 0) is 6.54 Å². The first-order valence-corrected chi connectivity index (χ1v) is 7.88. The SMILES string of the molecule is CCCNCc1cc(F)c(N(C)CCSC)c(F)c1. The van der Waals surface area contributed by atoms with Gasteiger partial charge < -0.3 is 10.2 Å². The minimum Gasteiger partial charge on any atom is -0.369 e. The minimum absolute atomic E-state index is 0.0632. The molecule has 0 saturated heterocycles. The van der Waals surface area contributed by atoms with Crippen LogP contribution in [0.2, 0.25) is 0 Å². The highest BCUT2D eigenvalue weighted by Gasteiger charge is 2.14. The molecular formula is C14H22F2N2S. The van der Waals surface area contributed by atoms with Crippen molar-refractivity contribution in [3.8, 4) is 0 Å². The number of hydrogen-bond donors (Lipinski definition) is 1. The Labute approximate surface area is 118 Å². The maximum Gasteiger partial charge on any atom is 0.149 e. The molecule has 0 fully saturated rings.